The van der Waals surface area contributed by atoms with E-state index in [0.717, 1.165) is 84.4 Å². The van der Waals surface area contributed by atoms with Crippen LogP contribution in [0.2, 0.25) is 5.02 Å². The molecular formula is C26H27ClN8. The predicted octanol–water partition coefficient (Wildman–Crippen LogP) is 4.25. The fourth-order valence-corrected chi connectivity index (χ4v) is 6.41. The quantitative estimate of drug-likeness (QED) is 0.437. The number of halogens is 1. The van der Waals surface area contributed by atoms with E-state index in [1.165, 1.54) is 11.1 Å². The molecule has 1 saturated heterocycles. The Bertz CT molecular complexity index is 1460. The molecule has 1 aromatic carbocycles. The number of rotatable bonds is 2. The minimum absolute atomic E-state index is 0.0271. The first-order chi connectivity index (χ1) is 17.0. The summed E-state index contributed by atoms with van der Waals surface area (Å²) in [4.78, 5) is 18.7. The number of aromatic amines is 1. The SMILES string of the molecule is Cc1cc2c(cc1Cl)[C@@H](N)C1(CCN(c3cnc4c(N5CCc6ncccc65)n[nH]c4n3)CC1)C2. The van der Waals surface area contributed by atoms with Crippen LogP contribution in [0.25, 0.3) is 11.2 Å². The fraction of sp³-hybridized carbons (Fsp3) is 0.385. The molecule has 4 aromatic rings. The summed E-state index contributed by atoms with van der Waals surface area (Å²) < 4.78 is 0. The van der Waals surface area contributed by atoms with Gasteiger partial charge in [-0.15, -0.1) is 0 Å². The zero-order chi connectivity index (χ0) is 23.7. The lowest BCUT2D eigenvalue weighted by atomic mass is 9.73. The number of nitrogens with zero attached hydrogens (tertiary/aromatic N) is 6. The fourth-order valence-electron chi connectivity index (χ4n) is 6.23. The molecule has 35 heavy (non-hydrogen) atoms. The molecule has 0 saturated carbocycles. The lowest BCUT2D eigenvalue weighted by Crippen LogP contribution is -2.44. The third kappa shape index (κ3) is 3.16. The van der Waals surface area contributed by atoms with E-state index in [-0.39, 0.29) is 11.5 Å². The van der Waals surface area contributed by atoms with Gasteiger partial charge in [-0.05, 0) is 66.5 Å². The van der Waals surface area contributed by atoms with E-state index in [4.69, 9.17) is 27.3 Å². The van der Waals surface area contributed by atoms with Crippen molar-refractivity contribution in [2.24, 2.45) is 11.1 Å². The van der Waals surface area contributed by atoms with Gasteiger partial charge in [0, 0.05) is 43.3 Å². The topological polar surface area (TPSA) is 99.9 Å². The van der Waals surface area contributed by atoms with Crippen molar-refractivity contribution < 1.29 is 0 Å². The number of aromatic nitrogens is 5. The van der Waals surface area contributed by atoms with Crippen molar-refractivity contribution in [3.63, 3.8) is 0 Å². The van der Waals surface area contributed by atoms with E-state index in [0.29, 0.717) is 5.65 Å². The number of fused-ring (bicyclic) bond motifs is 3. The zero-order valence-corrected chi connectivity index (χ0v) is 20.4. The number of pyridine rings is 1. The van der Waals surface area contributed by atoms with Crippen LogP contribution in [0.5, 0.6) is 0 Å². The molecule has 3 aromatic heterocycles. The second-order valence-corrected chi connectivity index (χ2v) is 10.6. The van der Waals surface area contributed by atoms with Gasteiger partial charge < -0.3 is 15.5 Å². The predicted molar refractivity (Wildman–Crippen MR) is 137 cm³/mol. The smallest absolute Gasteiger partial charge is 0.183 e. The number of aryl methyl sites for hydroxylation is 1. The van der Waals surface area contributed by atoms with E-state index in [1.807, 2.05) is 18.5 Å². The molecule has 3 aliphatic rings. The minimum atomic E-state index is 0.0271. The Balaban J connectivity index is 1.12. The van der Waals surface area contributed by atoms with Gasteiger partial charge >= 0.3 is 0 Å². The molecule has 1 aliphatic carbocycles. The molecule has 1 fully saturated rings. The van der Waals surface area contributed by atoms with Gasteiger partial charge in [-0.25, -0.2) is 9.97 Å². The van der Waals surface area contributed by atoms with E-state index in [9.17, 15) is 0 Å². The second kappa shape index (κ2) is 7.63. The number of hydrogen-bond donors (Lipinski definition) is 2. The first-order valence-electron chi connectivity index (χ1n) is 12.2. The van der Waals surface area contributed by atoms with Crippen molar-refractivity contribution >= 4 is 40.1 Å². The molecule has 1 spiro atoms. The van der Waals surface area contributed by atoms with Crippen LogP contribution in [-0.2, 0) is 12.8 Å². The average molecular weight is 487 g/mol. The first kappa shape index (κ1) is 21.1. The van der Waals surface area contributed by atoms with Crippen LogP contribution in [0.3, 0.4) is 0 Å². The molecule has 5 heterocycles. The van der Waals surface area contributed by atoms with Gasteiger partial charge in [-0.1, -0.05) is 17.7 Å². The molecule has 0 amide bonds. The average Bonchev–Trinajstić information content (AvgIpc) is 3.55. The van der Waals surface area contributed by atoms with Crippen LogP contribution in [0.15, 0.2) is 36.7 Å². The Hall–Kier alpha value is -3.23. The van der Waals surface area contributed by atoms with E-state index < -0.39 is 0 Å². The number of anilines is 3. The van der Waals surface area contributed by atoms with Crippen molar-refractivity contribution in [1.82, 2.24) is 25.1 Å². The van der Waals surface area contributed by atoms with Gasteiger partial charge in [-0.3, -0.25) is 10.1 Å². The van der Waals surface area contributed by atoms with Crippen LogP contribution in [-0.4, -0.2) is 44.8 Å². The van der Waals surface area contributed by atoms with Crippen LogP contribution < -0.4 is 15.5 Å². The molecule has 0 unspecified atom stereocenters. The summed E-state index contributed by atoms with van der Waals surface area (Å²) in [6.07, 6.45) is 7.69. The van der Waals surface area contributed by atoms with Crippen molar-refractivity contribution in [3.8, 4) is 0 Å². The first-order valence-corrected chi connectivity index (χ1v) is 12.6. The molecule has 7 rings (SSSR count). The number of benzene rings is 1. The second-order valence-electron chi connectivity index (χ2n) is 10.1. The molecule has 8 nitrogen and oxygen atoms in total. The summed E-state index contributed by atoms with van der Waals surface area (Å²) in [6.45, 7) is 4.72. The molecule has 178 valence electrons. The zero-order valence-electron chi connectivity index (χ0n) is 19.6. The van der Waals surface area contributed by atoms with Gasteiger partial charge in [-0.2, -0.15) is 5.10 Å². The highest BCUT2D eigenvalue weighted by atomic mass is 35.5. The Labute approximate surface area is 208 Å². The molecule has 0 bridgehead atoms. The Morgan fingerprint density at radius 3 is 2.89 bits per heavy atom. The Morgan fingerprint density at radius 2 is 2.03 bits per heavy atom. The van der Waals surface area contributed by atoms with Crippen LogP contribution in [0, 0.1) is 12.3 Å². The van der Waals surface area contributed by atoms with Gasteiger partial charge in [0.1, 0.15) is 5.82 Å². The molecule has 1 atom stereocenters. The number of nitrogens with one attached hydrogen (secondary N) is 1. The van der Waals surface area contributed by atoms with Gasteiger partial charge in [0.05, 0.1) is 17.6 Å². The maximum atomic E-state index is 6.80. The molecule has 0 radical (unpaired) electrons. The molecular weight excluding hydrogens is 460 g/mol. The van der Waals surface area contributed by atoms with Crippen LogP contribution in [0.1, 0.15) is 41.3 Å². The maximum Gasteiger partial charge on any atom is 0.183 e. The van der Waals surface area contributed by atoms with E-state index >= 15 is 0 Å². The maximum absolute atomic E-state index is 6.80. The molecule has 3 N–H and O–H groups in total. The Kier molecular flexibility index (Phi) is 4.60. The summed E-state index contributed by atoms with van der Waals surface area (Å²) in [5.74, 6) is 1.70. The van der Waals surface area contributed by atoms with Crippen molar-refractivity contribution in [2.75, 3.05) is 29.4 Å². The highest BCUT2D eigenvalue weighted by Gasteiger charge is 2.46. The van der Waals surface area contributed by atoms with Crippen LogP contribution in [0.4, 0.5) is 17.3 Å². The van der Waals surface area contributed by atoms with E-state index in [2.05, 4.69) is 50.1 Å². The highest BCUT2D eigenvalue weighted by Crippen LogP contribution is 2.52. The summed E-state index contributed by atoms with van der Waals surface area (Å²) in [6, 6.07) is 8.38. The molecule has 2 aliphatic heterocycles. The van der Waals surface area contributed by atoms with Gasteiger partial charge in [0.15, 0.2) is 17.0 Å². The lowest BCUT2D eigenvalue weighted by Gasteiger charge is -2.42. The normalized spacial score (nSPS) is 20.6. The standard InChI is InChI=1S/C26H27ClN8/c1-15-11-16-13-26(23(28)17(16)12-18(15)27)5-9-34(10-6-26)21-14-30-22-24(31-21)32-33-25(22)35-8-4-19-20(35)3-2-7-29-19/h2-3,7,11-12,14,23H,4-6,8-10,13,28H2,1H3,(H,31,32,33)/t23-/m1/s1. The summed E-state index contributed by atoms with van der Waals surface area (Å²) in [5, 5.41) is 8.49. The summed E-state index contributed by atoms with van der Waals surface area (Å²) >= 11 is 6.41. The van der Waals surface area contributed by atoms with Crippen molar-refractivity contribution in [1.29, 1.82) is 0 Å². The summed E-state index contributed by atoms with van der Waals surface area (Å²) in [5.41, 5.74) is 14.3. The largest absolute Gasteiger partial charge is 0.355 e. The number of piperidine rings is 1. The van der Waals surface area contributed by atoms with Gasteiger partial charge in [0.2, 0.25) is 0 Å². The van der Waals surface area contributed by atoms with E-state index in [1.54, 1.807) is 0 Å². The van der Waals surface area contributed by atoms with Crippen molar-refractivity contribution in [2.45, 2.75) is 38.6 Å². The van der Waals surface area contributed by atoms with Gasteiger partial charge in [0.25, 0.3) is 0 Å². The molecule has 9 heteroatoms. The third-order valence-electron chi connectivity index (χ3n) is 8.27. The van der Waals surface area contributed by atoms with Crippen LogP contribution >= 0.6 is 11.6 Å². The number of nitrogens with two attached hydrogens (primary N) is 1. The summed E-state index contributed by atoms with van der Waals surface area (Å²) in [7, 11) is 0. The Morgan fingerprint density at radius 1 is 1.17 bits per heavy atom. The third-order valence-corrected chi connectivity index (χ3v) is 8.67. The number of H-pyrrole nitrogens is 1. The van der Waals surface area contributed by atoms with Crippen molar-refractivity contribution in [3.05, 3.63) is 64.1 Å². The number of hydrogen-bond acceptors (Lipinski definition) is 7. The highest BCUT2D eigenvalue weighted by molar-refractivity contribution is 6.31. The monoisotopic (exact) mass is 486 g/mol. The lowest BCUT2D eigenvalue weighted by molar-refractivity contribution is 0.187. The minimum Gasteiger partial charge on any atom is -0.355 e.